The summed E-state index contributed by atoms with van der Waals surface area (Å²) in [6.45, 7) is 12.1. The molecule has 0 bridgehead atoms. The second-order valence-electron chi connectivity index (χ2n) is 6.09. The summed E-state index contributed by atoms with van der Waals surface area (Å²) < 4.78 is 0. The average Bonchev–Trinajstić information content (AvgIpc) is 2.25. The van der Waals surface area contributed by atoms with Crippen LogP contribution in [0.15, 0.2) is 0 Å². The number of amides is 2. The number of rotatable bonds is 6. The molecule has 0 aliphatic rings. The molecule has 0 saturated carbocycles. The van der Waals surface area contributed by atoms with Crippen molar-refractivity contribution < 1.29 is 14.7 Å². The lowest BCUT2D eigenvalue weighted by Gasteiger charge is -2.36. The summed E-state index contributed by atoms with van der Waals surface area (Å²) in [5.41, 5.74) is -0.394. The van der Waals surface area contributed by atoms with Gasteiger partial charge in [-0.15, -0.1) is 0 Å². The molecule has 2 unspecified atom stereocenters. The summed E-state index contributed by atoms with van der Waals surface area (Å²) in [4.78, 5) is 24.5. The van der Waals surface area contributed by atoms with E-state index in [-0.39, 0.29) is 25.0 Å². The first-order valence-electron chi connectivity index (χ1n) is 6.89. The molecule has 5 heteroatoms. The van der Waals surface area contributed by atoms with E-state index in [1.807, 2.05) is 27.7 Å². The molecule has 0 rings (SSSR count). The standard InChI is InChI=1S/C14H28N2O3/c1-7-10(2)11(3)15-13(19)16(14(4,5)6)9-8-12(17)18/h10-11H,7-9H2,1-6H3,(H,15,19)(H,17,18). The van der Waals surface area contributed by atoms with Crippen LogP contribution in [0.1, 0.15) is 54.4 Å². The maximum atomic E-state index is 12.3. The van der Waals surface area contributed by atoms with E-state index in [4.69, 9.17) is 5.11 Å². The first-order valence-corrected chi connectivity index (χ1v) is 6.89. The van der Waals surface area contributed by atoms with Crippen LogP contribution in [-0.2, 0) is 4.79 Å². The van der Waals surface area contributed by atoms with Gasteiger partial charge in [-0.1, -0.05) is 20.3 Å². The first kappa shape index (κ1) is 17.7. The highest BCUT2D eigenvalue weighted by Crippen LogP contribution is 2.15. The van der Waals surface area contributed by atoms with Crippen LogP contribution in [0.5, 0.6) is 0 Å². The van der Waals surface area contributed by atoms with Crippen molar-refractivity contribution in [3.8, 4) is 0 Å². The Hall–Kier alpha value is -1.26. The third kappa shape index (κ3) is 6.45. The van der Waals surface area contributed by atoms with Crippen molar-refractivity contribution in [2.24, 2.45) is 5.92 Å². The normalized spacial score (nSPS) is 14.6. The Morgan fingerprint density at radius 1 is 1.26 bits per heavy atom. The molecule has 5 nitrogen and oxygen atoms in total. The summed E-state index contributed by atoms with van der Waals surface area (Å²) in [5, 5.41) is 11.7. The summed E-state index contributed by atoms with van der Waals surface area (Å²) in [5.74, 6) is -0.498. The zero-order chi connectivity index (χ0) is 15.2. The van der Waals surface area contributed by atoms with E-state index < -0.39 is 11.5 Å². The Balaban J connectivity index is 4.68. The topological polar surface area (TPSA) is 69.6 Å². The molecule has 2 N–H and O–H groups in total. The maximum absolute atomic E-state index is 12.3. The lowest BCUT2D eigenvalue weighted by molar-refractivity contribution is -0.137. The summed E-state index contributed by atoms with van der Waals surface area (Å²) in [6, 6.07) is -0.117. The molecule has 0 aliphatic carbocycles. The molecule has 0 aromatic heterocycles. The van der Waals surface area contributed by atoms with Crippen molar-refractivity contribution >= 4 is 12.0 Å². The number of nitrogens with zero attached hydrogens (tertiary/aromatic N) is 1. The van der Waals surface area contributed by atoms with Crippen LogP contribution in [0.25, 0.3) is 0 Å². The van der Waals surface area contributed by atoms with Crippen LogP contribution in [0.3, 0.4) is 0 Å². The van der Waals surface area contributed by atoms with Gasteiger partial charge in [0.2, 0.25) is 0 Å². The van der Waals surface area contributed by atoms with Gasteiger partial charge >= 0.3 is 12.0 Å². The molecule has 2 atom stereocenters. The molecule has 0 heterocycles. The molecule has 0 aromatic carbocycles. The van der Waals surface area contributed by atoms with Crippen molar-refractivity contribution in [3.05, 3.63) is 0 Å². The summed E-state index contributed by atoms with van der Waals surface area (Å²) in [6.07, 6.45) is 0.953. The van der Waals surface area contributed by atoms with Crippen molar-refractivity contribution in [2.45, 2.75) is 66.0 Å². The molecule has 0 saturated heterocycles. The zero-order valence-corrected chi connectivity index (χ0v) is 13.0. The first-order chi connectivity index (χ1) is 8.59. The molecule has 19 heavy (non-hydrogen) atoms. The third-order valence-electron chi connectivity index (χ3n) is 3.45. The summed E-state index contributed by atoms with van der Waals surface area (Å²) >= 11 is 0. The molecular weight excluding hydrogens is 244 g/mol. The quantitative estimate of drug-likeness (QED) is 0.781. The van der Waals surface area contributed by atoms with Gasteiger partial charge in [-0.25, -0.2) is 4.79 Å². The van der Waals surface area contributed by atoms with Crippen LogP contribution in [0.2, 0.25) is 0 Å². The Bertz CT molecular complexity index is 310. The molecule has 0 aromatic rings. The fourth-order valence-corrected chi connectivity index (χ4v) is 1.72. The predicted octanol–water partition coefficient (Wildman–Crippen LogP) is 2.71. The van der Waals surface area contributed by atoms with Gasteiger partial charge in [0, 0.05) is 18.1 Å². The molecule has 0 spiro atoms. The van der Waals surface area contributed by atoms with Crippen molar-refractivity contribution in [1.29, 1.82) is 0 Å². The fourth-order valence-electron chi connectivity index (χ4n) is 1.72. The summed E-state index contributed by atoms with van der Waals surface area (Å²) in [7, 11) is 0. The third-order valence-corrected chi connectivity index (χ3v) is 3.45. The number of aliphatic carboxylic acids is 1. The highest BCUT2D eigenvalue weighted by Gasteiger charge is 2.28. The van der Waals surface area contributed by atoms with Crippen molar-refractivity contribution in [1.82, 2.24) is 10.2 Å². The number of hydrogen-bond acceptors (Lipinski definition) is 2. The van der Waals surface area contributed by atoms with Gasteiger partial charge in [0.15, 0.2) is 0 Å². The molecule has 0 fully saturated rings. The van der Waals surface area contributed by atoms with Crippen LogP contribution in [-0.4, -0.2) is 40.1 Å². The van der Waals surface area contributed by atoms with E-state index in [1.54, 1.807) is 4.90 Å². The van der Waals surface area contributed by atoms with Gasteiger partial charge in [-0.2, -0.15) is 0 Å². The highest BCUT2D eigenvalue weighted by atomic mass is 16.4. The number of carbonyl (C=O) groups is 2. The van der Waals surface area contributed by atoms with E-state index in [1.165, 1.54) is 0 Å². The van der Waals surface area contributed by atoms with E-state index in [0.29, 0.717) is 5.92 Å². The monoisotopic (exact) mass is 272 g/mol. The average molecular weight is 272 g/mol. The van der Waals surface area contributed by atoms with Gasteiger partial charge < -0.3 is 15.3 Å². The smallest absolute Gasteiger partial charge is 0.318 e. The van der Waals surface area contributed by atoms with Crippen molar-refractivity contribution in [2.75, 3.05) is 6.54 Å². The molecule has 0 aliphatic heterocycles. The number of carboxylic acids is 1. The van der Waals surface area contributed by atoms with Crippen molar-refractivity contribution in [3.63, 3.8) is 0 Å². The van der Waals surface area contributed by atoms with Gasteiger partial charge in [-0.05, 0) is 33.6 Å². The minimum atomic E-state index is -0.892. The molecule has 0 radical (unpaired) electrons. The Morgan fingerprint density at radius 2 is 1.79 bits per heavy atom. The van der Waals surface area contributed by atoms with Crippen LogP contribution in [0.4, 0.5) is 4.79 Å². The van der Waals surface area contributed by atoms with Crippen LogP contribution in [0, 0.1) is 5.92 Å². The molecule has 2 amide bonds. The zero-order valence-electron chi connectivity index (χ0n) is 13.0. The van der Waals surface area contributed by atoms with Gasteiger partial charge in [-0.3, -0.25) is 4.79 Å². The number of nitrogens with one attached hydrogen (secondary N) is 1. The predicted molar refractivity (Wildman–Crippen MR) is 76.2 cm³/mol. The van der Waals surface area contributed by atoms with E-state index in [2.05, 4.69) is 19.2 Å². The number of urea groups is 1. The van der Waals surface area contributed by atoms with E-state index in [0.717, 1.165) is 6.42 Å². The second kappa shape index (κ2) is 7.36. The minimum absolute atomic E-state index is 0.0393. The SMILES string of the molecule is CCC(C)C(C)NC(=O)N(CCC(=O)O)C(C)(C)C. The molecule has 112 valence electrons. The van der Waals surface area contributed by atoms with Crippen LogP contribution >= 0.6 is 0 Å². The van der Waals surface area contributed by atoms with Crippen LogP contribution < -0.4 is 5.32 Å². The lowest BCUT2D eigenvalue weighted by atomic mass is 10.0. The highest BCUT2D eigenvalue weighted by molar-refractivity contribution is 5.76. The fraction of sp³-hybridized carbons (Fsp3) is 0.857. The minimum Gasteiger partial charge on any atom is -0.481 e. The van der Waals surface area contributed by atoms with E-state index >= 15 is 0 Å². The molecular formula is C14H28N2O3. The number of carboxylic acid groups (broad SMARTS) is 1. The van der Waals surface area contributed by atoms with E-state index in [9.17, 15) is 9.59 Å². The number of carbonyl (C=O) groups excluding carboxylic acids is 1. The Labute approximate surface area is 116 Å². The second-order valence-corrected chi connectivity index (χ2v) is 6.09. The largest absolute Gasteiger partial charge is 0.481 e. The van der Waals surface area contributed by atoms with Gasteiger partial charge in [0.05, 0.1) is 6.42 Å². The lowest BCUT2D eigenvalue weighted by Crippen LogP contribution is -2.53. The van der Waals surface area contributed by atoms with Gasteiger partial charge in [0.25, 0.3) is 0 Å². The Morgan fingerprint density at radius 3 is 2.16 bits per heavy atom. The van der Waals surface area contributed by atoms with Gasteiger partial charge in [0.1, 0.15) is 0 Å². The Kier molecular flexibility index (Phi) is 6.87. The maximum Gasteiger partial charge on any atom is 0.318 e. The number of hydrogen-bond donors (Lipinski definition) is 2.